The van der Waals surface area contributed by atoms with Crippen LogP contribution in [0.3, 0.4) is 0 Å². The number of hydrogen-bond donors (Lipinski definition) is 9. The summed E-state index contributed by atoms with van der Waals surface area (Å²) in [4.78, 5) is 48.2. The summed E-state index contributed by atoms with van der Waals surface area (Å²) in [5, 5.41) is 40.6. The molecule has 0 bridgehead atoms. The molecule has 2 aromatic heterocycles. The monoisotopic (exact) mass is 639 g/mol. The van der Waals surface area contributed by atoms with Crippen molar-refractivity contribution in [3.05, 3.63) is 12.7 Å². The van der Waals surface area contributed by atoms with Crippen LogP contribution in [-0.2, 0) is 41.1 Å². The number of fused-ring (bicyclic) bond motifs is 1. The predicted octanol–water partition coefficient (Wildman–Crippen LogP) is -3.17. The lowest BCUT2D eigenvalue weighted by Crippen LogP contribution is -2.42. The average Bonchev–Trinajstić information content (AvgIpc) is 3.47. The van der Waals surface area contributed by atoms with E-state index >= 15 is 0 Å². The number of nitrogens with two attached hydrogens (primary N) is 1. The third-order valence-electron chi connectivity index (χ3n) is 5.58. The lowest BCUT2D eigenvalue weighted by atomic mass is 10.1. The van der Waals surface area contributed by atoms with E-state index in [1.54, 1.807) is 0 Å². The second-order valence-corrected chi connectivity index (χ2v) is 12.8. The highest BCUT2D eigenvalue weighted by Crippen LogP contribution is 2.66. The standard InChI is InChI=1S/C15H24N5O17P3/c16-12-7-13(18-3-17-12)20(4-19-7)14-11(35-15-10(24)8(22)5(1-21)34-15)9(23)6(33-14)2-32-39(28,29)37-40(30,31)36-38(25,26)27/h3-6,8-11,14-15,21-24H,1-2H2,(H,28,29)(H,30,31)(H2,16,17,18)(H2,25,26,27)/t5-,6-,8-,9-,10-,11-,14-,15?/m1/s1. The van der Waals surface area contributed by atoms with Gasteiger partial charge in [0.1, 0.15) is 48.5 Å². The summed E-state index contributed by atoms with van der Waals surface area (Å²) >= 11 is 0. The summed E-state index contributed by atoms with van der Waals surface area (Å²) < 4.78 is 64.2. The lowest BCUT2D eigenvalue weighted by molar-refractivity contribution is -0.219. The molecule has 0 aromatic carbocycles. The van der Waals surface area contributed by atoms with Crippen LogP contribution in [0.15, 0.2) is 12.7 Å². The third-order valence-corrected chi connectivity index (χ3v) is 9.38. The van der Waals surface area contributed by atoms with E-state index in [9.17, 15) is 43.9 Å². The Labute approximate surface area is 222 Å². The van der Waals surface area contributed by atoms with Crippen molar-refractivity contribution in [2.24, 2.45) is 0 Å². The van der Waals surface area contributed by atoms with Gasteiger partial charge >= 0.3 is 23.5 Å². The van der Waals surface area contributed by atoms with Gasteiger partial charge in [-0.3, -0.25) is 9.09 Å². The number of imidazole rings is 1. The summed E-state index contributed by atoms with van der Waals surface area (Å²) in [5.41, 5.74) is 5.98. The van der Waals surface area contributed by atoms with Gasteiger partial charge in [0.05, 0.1) is 19.5 Å². The van der Waals surface area contributed by atoms with Crippen molar-refractivity contribution in [3.8, 4) is 0 Å². The Morgan fingerprint density at radius 3 is 2.25 bits per heavy atom. The van der Waals surface area contributed by atoms with Crippen molar-refractivity contribution in [2.75, 3.05) is 18.9 Å². The zero-order valence-electron chi connectivity index (χ0n) is 19.6. The maximum absolute atomic E-state index is 12.1. The number of phosphoric acid groups is 3. The van der Waals surface area contributed by atoms with Crippen molar-refractivity contribution in [1.82, 2.24) is 19.5 Å². The number of aliphatic hydroxyl groups is 4. The highest BCUT2D eigenvalue weighted by atomic mass is 31.3. The van der Waals surface area contributed by atoms with E-state index in [-0.39, 0.29) is 17.0 Å². The second kappa shape index (κ2) is 11.6. The summed E-state index contributed by atoms with van der Waals surface area (Å²) in [5.74, 6) is -0.0209. The molecule has 0 aliphatic carbocycles. The molecule has 0 spiro atoms. The molecule has 10 N–H and O–H groups in total. The number of aromatic nitrogens is 4. The molecule has 2 aromatic rings. The van der Waals surface area contributed by atoms with Gasteiger partial charge in [0.15, 0.2) is 24.0 Å². The zero-order chi connectivity index (χ0) is 29.6. The first kappa shape index (κ1) is 31.4. The van der Waals surface area contributed by atoms with E-state index in [0.29, 0.717) is 0 Å². The molecule has 2 aliphatic rings. The van der Waals surface area contributed by atoms with Crippen LogP contribution < -0.4 is 5.73 Å². The molecule has 0 saturated carbocycles. The van der Waals surface area contributed by atoms with Gasteiger partial charge in [0.2, 0.25) is 0 Å². The van der Waals surface area contributed by atoms with Crippen LogP contribution in [0.4, 0.5) is 5.82 Å². The average molecular weight is 639 g/mol. The fourth-order valence-electron chi connectivity index (χ4n) is 3.89. The molecule has 10 atom stereocenters. The van der Waals surface area contributed by atoms with Crippen LogP contribution in [0.25, 0.3) is 11.2 Å². The number of nitrogens with zero attached hydrogens (tertiary/aromatic N) is 4. The summed E-state index contributed by atoms with van der Waals surface area (Å²) in [6.45, 7) is -1.74. The molecule has 4 heterocycles. The minimum absolute atomic E-state index is 0.0209. The van der Waals surface area contributed by atoms with Gasteiger partial charge in [-0.05, 0) is 0 Å². The highest BCUT2D eigenvalue weighted by molar-refractivity contribution is 7.66. The number of phosphoric ester groups is 1. The number of nitrogen functional groups attached to an aromatic ring is 1. The zero-order valence-corrected chi connectivity index (χ0v) is 22.3. The molecule has 3 unspecified atom stereocenters. The van der Waals surface area contributed by atoms with E-state index in [0.717, 1.165) is 6.33 Å². The molecule has 2 fully saturated rings. The fraction of sp³-hybridized carbons (Fsp3) is 0.667. The molecule has 226 valence electrons. The molecule has 4 rings (SSSR count). The predicted molar refractivity (Wildman–Crippen MR) is 122 cm³/mol. The Balaban J connectivity index is 1.56. The van der Waals surface area contributed by atoms with Crippen LogP contribution in [0, 0.1) is 0 Å². The van der Waals surface area contributed by atoms with E-state index in [1.165, 1.54) is 10.9 Å². The van der Waals surface area contributed by atoms with Gasteiger partial charge in [-0.25, -0.2) is 28.6 Å². The van der Waals surface area contributed by atoms with Gasteiger partial charge < -0.3 is 59.9 Å². The normalized spacial score (nSPS) is 34.2. The van der Waals surface area contributed by atoms with Crippen molar-refractivity contribution in [3.63, 3.8) is 0 Å². The van der Waals surface area contributed by atoms with Gasteiger partial charge in [-0.2, -0.15) is 8.62 Å². The van der Waals surface area contributed by atoms with E-state index in [4.69, 9.17) is 29.7 Å². The van der Waals surface area contributed by atoms with Gasteiger partial charge in [-0.15, -0.1) is 0 Å². The number of anilines is 1. The van der Waals surface area contributed by atoms with Crippen LogP contribution in [0.1, 0.15) is 6.23 Å². The largest absolute Gasteiger partial charge is 0.490 e. The van der Waals surface area contributed by atoms with E-state index in [2.05, 4.69) is 28.1 Å². The lowest BCUT2D eigenvalue weighted by Gasteiger charge is -2.26. The van der Waals surface area contributed by atoms with E-state index < -0.39 is 85.8 Å². The Morgan fingerprint density at radius 2 is 1.62 bits per heavy atom. The van der Waals surface area contributed by atoms with Crippen LogP contribution >= 0.6 is 23.5 Å². The third kappa shape index (κ3) is 6.92. The molecule has 2 saturated heterocycles. The summed E-state index contributed by atoms with van der Waals surface area (Å²) in [6, 6.07) is 0. The maximum Gasteiger partial charge on any atom is 0.490 e. The first-order valence-electron chi connectivity index (χ1n) is 10.8. The van der Waals surface area contributed by atoms with E-state index in [1.807, 2.05) is 0 Å². The number of hydrogen-bond acceptors (Lipinski definition) is 17. The molecular weight excluding hydrogens is 615 g/mol. The molecule has 0 radical (unpaired) electrons. The molecule has 0 amide bonds. The fourth-order valence-corrected chi connectivity index (χ4v) is 6.92. The first-order chi connectivity index (χ1) is 18.5. The SMILES string of the molecule is Nc1ncnc2c1ncn2[C@@H]1O[C@H](COP(=O)(O)OP(=O)(O)OP(=O)(O)O)[C@@H](O)[C@H]1OC1O[C@H](CO)[C@@H](O)[C@H]1O. The van der Waals surface area contributed by atoms with Crippen LogP contribution in [0.5, 0.6) is 0 Å². The smallest absolute Gasteiger partial charge is 0.394 e. The van der Waals surface area contributed by atoms with Gasteiger partial charge in [0.25, 0.3) is 0 Å². The number of ether oxygens (including phenoxy) is 3. The number of rotatable bonds is 11. The van der Waals surface area contributed by atoms with Crippen molar-refractivity contribution >= 4 is 40.4 Å². The molecular formula is C15H24N5O17P3. The van der Waals surface area contributed by atoms with Crippen molar-refractivity contribution in [2.45, 2.75) is 49.1 Å². The minimum Gasteiger partial charge on any atom is -0.394 e. The maximum atomic E-state index is 12.1. The van der Waals surface area contributed by atoms with Crippen LogP contribution in [-0.4, -0.2) is 116 Å². The topological polar surface area (TPSA) is 338 Å². The molecule has 25 heteroatoms. The molecule has 40 heavy (non-hydrogen) atoms. The van der Waals surface area contributed by atoms with Crippen molar-refractivity contribution in [1.29, 1.82) is 0 Å². The second-order valence-electron chi connectivity index (χ2n) is 8.33. The Hall–Kier alpha value is -1.52. The highest BCUT2D eigenvalue weighted by Gasteiger charge is 2.52. The summed E-state index contributed by atoms with van der Waals surface area (Å²) in [7, 11) is -17.0. The van der Waals surface area contributed by atoms with Gasteiger partial charge in [0, 0.05) is 0 Å². The van der Waals surface area contributed by atoms with Crippen molar-refractivity contribution < 1.29 is 81.1 Å². The Bertz CT molecular complexity index is 1360. The molecule has 2 aliphatic heterocycles. The van der Waals surface area contributed by atoms with Crippen LogP contribution in [0.2, 0.25) is 0 Å². The van der Waals surface area contributed by atoms with Gasteiger partial charge in [-0.1, -0.05) is 0 Å². The Morgan fingerprint density at radius 1 is 0.925 bits per heavy atom. The Kier molecular flexibility index (Phi) is 9.14. The quantitative estimate of drug-likeness (QED) is 0.109. The number of aliphatic hydroxyl groups excluding tert-OH is 4. The molecule has 22 nitrogen and oxygen atoms in total. The summed E-state index contributed by atoms with van der Waals surface area (Å²) in [6.07, 6.45) is -10.1. The minimum atomic E-state index is -5.81. The first-order valence-corrected chi connectivity index (χ1v) is 15.4.